The van der Waals surface area contributed by atoms with Crippen molar-refractivity contribution in [1.82, 2.24) is 4.90 Å². The second kappa shape index (κ2) is 15.1. The molecular weight excluding hydrogens is 307 g/mol. The topological polar surface area (TPSA) is 96.2 Å². The number of carbonyl (C=O) groups is 1. The molecule has 2 N–H and O–H groups in total. The fraction of sp³-hybridized carbons (Fsp3) is 0.750. The number of aliphatic imine (C=N–C) groups is 1. The van der Waals surface area contributed by atoms with E-state index in [1.54, 1.807) is 18.7 Å². The minimum absolute atomic E-state index is 0. The van der Waals surface area contributed by atoms with Gasteiger partial charge in [-0.15, -0.1) is 6.58 Å². The zero-order valence-electron chi connectivity index (χ0n) is 14.7. The molecule has 23 heavy (non-hydrogen) atoms. The van der Waals surface area contributed by atoms with Crippen molar-refractivity contribution in [3.63, 3.8) is 0 Å². The van der Waals surface area contributed by atoms with Crippen LogP contribution in [0.15, 0.2) is 17.6 Å². The van der Waals surface area contributed by atoms with Crippen LogP contribution in [0.2, 0.25) is 0 Å². The van der Waals surface area contributed by atoms with E-state index in [1.165, 1.54) is 0 Å². The number of aliphatic carboxylic acids is 1. The molecule has 2 atom stereocenters. The molecule has 0 aromatic carbocycles. The number of aliphatic hydroxyl groups is 1. The Hall–Kier alpha value is -0.400. The minimum Gasteiger partial charge on any atom is -0.862 e. The second-order valence-corrected chi connectivity index (χ2v) is 5.52. The molecule has 2 unspecified atom stereocenters. The molecule has 0 rings (SSSR count). The van der Waals surface area contributed by atoms with E-state index in [9.17, 15) is 15.0 Å². The van der Waals surface area contributed by atoms with Gasteiger partial charge in [0.2, 0.25) is 0 Å². The second-order valence-electron chi connectivity index (χ2n) is 5.52. The predicted molar refractivity (Wildman–Crippen MR) is 85.9 cm³/mol. The molecule has 0 bridgehead atoms. The van der Waals surface area contributed by atoms with Crippen molar-refractivity contribution >= 4 is 11.9 Å². The molecule has 0 aromatic heterocycles. The third-order valence-electron chi connectivity index (χ3n) is 3.38. The molecule has 0 aliphatic carbocycles. The molecule has 7 heteroatoms. The van der Waals surface area contributed by atoms with E-state index in [4.69, 9.17) is 5.11 Å². The van der Waals surface area contributed by atoms with E-state index < -0.39 is 18.1 Å². The van der Waals surface area contributed by atoms with Crippen LogP contribution in [0.25, 0.3) is 0 Å². The average molecular weight is 336 g/mol. The third kappa shape index (κ3) is 13.7. The number of aliphatic hydroxyl groups excluding tert-OH is 1. The zero-order chi connectivity index (χ0) is 17.0. The van der Waals surface area contributed by atoms with Crippen molar-refractivity contribution in [1.29, 1.82) is 0 Å². The number of hydrogen-bond donors (Lipinski definition) is 2. The van der Waals surface area contributed by atoms with Crippen LogP contribution >= 0.6 is 0 Å². The normalized spacial score (nSPS) is 14.2. The van der Waals surface area contributed by atoms with Crippen molar-refractivity contribution in [2.45, 2.75) is 58.1 Å². The van der Waals surface area contributed by atoms with Crippen LogP contribution in [-0.2, 0) is 4.79 Å². The Balaban J connectivity index is 0. The Morgan fingerprint density at radius 2 is 2.00 bits per heavy atom. The summed E-state index contributed by atoms with van der Waals surface area (Å²) in [5.41, 5.74) is 0. The van der Waals surface area contributed by atoms with Gasteiger partial charge in [-0.05, 0) is 45.4 Å². The molecule has 0 aromatic rings. The number of carboxylic acid groups (broad SMARTS) is 1. The quantitative estimate of drug-likeness (QED) is 0.134. The molecule has 0 radical (unpaired) electrons. The predicted octanol–water partition coefficient (Wildman–Crippen LogP) is -1.96. The summed E-state index contributed by atoms with van der Waals surface area (Å²) in [4.78, 5) is 16.6. The minimum atomic E-state index is -0.950. The number of nitrogens with zero attached hydrogens (tertiary/aromatic N) is 2. The number of rotatable bonds is 13. The van der Waals surface area contributed by atoms with Gasteiger partial charge >= 0.3 is 35.5 Å². The first-order chi connectivity index (χ1) is 10.4. The van der Waals surface area contributed by atoms with Crippen molar-refractivity contribution in [2.75, 3.05) is 19.6 Å². The fourth-order valence-corrected chi connectivity index (χ4v) is 2.06. The number of carboxylic acids is 1. The maximum Gasteiger partial charge on any atom is 1.00 e. The molecule has 0 saturated heterocycles. The Bertz CT molecular complexity index is 362. The molecule has 0 fully saturated rings. The molecular formula is C16H29N2NaO4. The van der Waals surface area contributed by atoms with Crippen LogP contribution in [0.3, 0.4) is 0 Å². The van der Waals surface area contributed by atoms with Gasteiger partial charge in [-0.1, -0.05) is 12.5 Å². The van der Waals surface area contributed by atoms with E-state index in [0.717, 1.165) is 25.7 Å². The fourth-order valence-electron chi connectivity index (χ4n) is 2.06. The molecule has 0 aliphatic rings. The maximum atomic E-state index is 11.6. The first-order valence-electron chi connectivity index (χ1n) is 7.84. The van der Waals surface area contributed by atoms with Gasteiger partial charge in [0.25, 0.3) is 0 Å². The van der Waals surface area contributed by atoms with Gasteiger partial charge in [-0.3, -0.25) is 9.69 Å². The van der Waals surface area contributed by atoms with Crippen molar-refractivity contribution in [3.8, 4) is 0 Å². The van der Waals surface area contributed by atoms with Crippen LogP contribution < -0.4 is 34.7 Å². The summed E-state index contributed by atoms with van der Waals surface area (Å²) in [7, 11) is 0. The molecule has 128 valence electrons. The first kappa shape index (κ1) is 24.8. The largest absolute Gasteiger partial charge is 1.00 e. The van der Waals surface area contributed by atoms with E-state index >= 15 is 0 Å². The standard InChI is InChI=1S/C16H30N2O4.Na/c1-4-5-6-7-8-9-15(20)17-10-11-18(12-13(2)19)14(3)16(21)22;/h4,13-14,19H,1,5-12H2,2-3H3,(H,17,20)(H,21,22);/q;+1/p-1. The first-order valence-corrected chi connectivity index (χ1v) is 7.84. The molecule has 0 saturated carbocycles. The molecule has 6 nitrogen and oxygen atoms in total. The van der Waals surface area contributed by atoms with Gasteiger partial charge in [-0.25, -0.2) is 0 Å². The van der Waals surface area contributed by atoms with E-state index in [0.29, 0.717) is 13.0 Å². The zero-order valence-corrected chi connectivity index (χ0v) is 16.7. The molecule has 0 heterocycles. The number of hydrogen-bond acceptors (Lipinski definition) is 5. The van der Waals surface area contributed by atoms with Crippen molar-refractivity contribution in [2.24, 2.45) is 4.99 Å². The van der Waals surface area contributed by atoms with Crippen LogP contribution in [0, 0.1) is 0 Å². The third-order valence-corrected chi connectivity index (χ3v) is 3.38. The van der Waals surface area contributed by atoms with E-state index in [1.807, 2.05) is 6.08 Å². The van der Waals surface area contributed by atoms with Crippen molar-refractivity contribution < 1.29 is 49.7 Å². The molecule has 0 spiro atoms. The van der Waals surface area contributed by atoms with E-state index in [2.05, 4.69) is 11.6 Å². The molecule has 0 amide bonds. The van der Waals surface area contributed by atoms with Gasteiger partial charge in [0.05, 0.1) is 12.6 Å². The van der Waals surface area contributed by atoms with Crippen LogP contribution in [-0.4, -0.2) is 58.8 Å². The maximum absolute atomic E-state index is 11.6. The summed E-state index contributed by atoms with van der Waals surface area (Å²) >= 11 is 0. The summed E-state index contributed by atoms with van der Waals surface area (Å²) < 4.78 is 0. The average Bonchev–Trinajstić information content (AvgIpc) is 2.44. The SMILES string of the molecule is C=CCCCCCC([O-])=NCCN(CC(C)O)C(C)C(=O)O.[Na+]. The Labute approximate surface area is 161 Å². The summed E-state index contributed by atoms with van der Waals surface area (Å²) in [6, 6.07) is -0.709. The number of unbranched alkanes of at least 4 members (excludes halogenated alkanes) is 3. The van der Waals surface area contributed by atoms with Crippen molar-refractivity contribution in [3.05, 3.63) is 12.7 Å². The van der Waals surface area contributed by atoms with Crippen LogP contribution in [0.5, 0.6) is 0 Å². The summed E-state index contributed by atoms with van der Waals surface area (Å²) in [5, 5.41) is 30.1. The smallest absolute Gasteiger partial charge is 0.862 e. The Morgan fingerprint density at radius 3 is 2.52 bits per heavy atom. The van der Waals surface area contributed by atoms with E-state index in [-0.39, 0.29) is 48.5 Å². The number of allylic oxidation sites excluding steroid dienone is 1. The Morgan fingerprint density at radius 1 is 1.35 bits per heavy atom. The summed E-state index contributed by atoms with van der Waals surface area (Å²) in [6.07, 6.45) is 5.48. The van der Waals surface area contributed by atoms with Gasteiger partial charge in [0, 0.05) is 13.1 Å². The Kier molecular flexibility index (Phi) is 16.4. The molecule has 0 aliphatic heterocycles. The van der Waals surface area contributed by atoms with Gasteiger partial charge in [-0.2, -0.15) is 0 Å². The summed E-state index contributed by atoms with van der Waals surface area (Å²) in [6.45, 7) is 7.67. The van der Waals surface area contributed by atoms with Crippen LogP contribution in [0.4, 0.5) is 0 Å². The summed E-state index contributed by atoms with van der Waals surface area (Å²) in [5.74, 6) is -1.09. The van der Waals surface area contributed by atoms with Gasteiger partial charge in [0.1, 0.15) is 6.04 Å². The monoisotopic (exact) mass is 336 g/mol. The van der Waals surface area contributed by atoms with Gasteiger partial charge < -0.3 is 20.3 Å². The van der Waals surface area contributed by atoms with Gasteiger partial charge in [0.15, 0.2) is 0 Å². The van der Waals surface area contributed by atoms with Crippen LogP contribution in [0.1, 0.15) is 46.0 Å².